The van der Waals surface area contributed by atoms with Gasteiger partial charge in [0.2, 0.25) is 11.7 Å². The molecule has 0 atom stereocenters. The number of nitrogens with zero attached hydrogens (tertiary/aromatic N) is 2. The summed E-state index contributed by atoms with van der Waals surface area (Å²) in [5.74, 6) is -0.802. The molecule has 0 spiro atoms. The molecule has 194 valence electrons. The van der Waals surface area contributed by atoms with Gasteiger partial charge in [0.1, 0.15) is 11.5 Å². The predicted octanol–water partition coefficient (Wildman–Crippen LogP) is 4.15. The number of carbonyl (C=O) groups is 4. The number of rotatable bonds is 8. The van der Waals surface area contributed by atoms with Crippen LogP contribution in [0.25, 0.3) is 0 Å². The lowest BCUT2D eigenvalue weighted by atomic mass is 10.0. The van der Waals surface area contributed by atoms with Crippen LogP contribution in [-0.2, 0) is 27.5 Å². The number of benzene rings is 3. The Kier molecular flexibility index (Phi) is 7.22. The molecule has 38 heavy (non-hydrogen) atoms. The third kappa shape index (κ3) is 5.59. The topological polar surface area (TPSA) is 96.0 Å². The van der Waals surface area contributed by atoms with Crippen molar-refractivity contribution in [3.05, 3.63) is 89.0 Å². The molecule has 8 heteroatoms. The lowest BCUT2D eigenvalue weighted by Gasteiger charge is -2.17. The number of amides is 3. The fraction of sp³-hybridized carbons (Fsp3) is 0.267. The number of imide groups is 1. The van der Waals surface area contributed by atoms with Gasteiger partial charge in [0, 0.05) is 30.9 Å². The second kappa shape index (κ2) is 10.9. The first-order valence-corrected chi connectivity index (χ1v) is 12.7. The van der Waals surface area contributed by atoms with Crippen molar-refractivity contribution in [3.63, 3.8) is 0 Å². The van der Waals surface area contributed by atoms with Gasteiger partial charge >= 0.3 is 0 Å². The molecule has 3 aromatic rings. The number of Topliss-reactive ketones (excluding diaryl/α,β-unsaturated/α-hetero) is 1. The van der Waals surface area contributed by atoms with E-state index >= 15 is 0 Å². The summed E-state index contributed by atoms with van der Waals surface area (Å²) in [6.45, 7) is 4.31. The Hall–Kier alpha value is -4.46. The number of aryl methyl sites for hydroxylation is 1. The van der Waals surface area contributed by atoms with Crippen LogP contribution in [0.4, 0.5) is 5.69 Å². The van der Waals surface area contributed by atoms with E-state index in [0.717, 1.165) is 34.9 Å². The highest BCUT2D eigenvalue weighted by atomic mass is 16.5. The molecule has 2 aliphatic heterocycles. The molecule has 2 fully saturated rings. The van der Waals surface area contributed by atoms with E-state index in [1.54, 1.807) is 18.2 Å². The number of nitrogens with one attached hydrogen (secondary N) is 1. The molecule has 2 saturated heterocycles. The molecule has 0 radical (unpaired) electrons. The molecule has 3 aromatic carbocycles. The molecule has 0 bridgehead atoms. The van der Waals surface area contributed by atoms with E-state index in [9.17, 15) is 19.2 Å². The fourth-order valence-corrected chi connectivity index (χ4v) is 4.72. The molecule has 3 amide bonds. The number of anilines is 1. The number of carbonyl (C=O) groups excluding carboxylic acids is 4. The first-order valence-electron chi connectivity index (χ1n) is 12.7. The molecule has 5 rings (SSSR count). The average molecular weight is 512 g/mol. The molecule has 8 nitrogen and oxygen atoms in total. The van der Waals surface area contributed by atoms with Crippen molar-refractivity contribution in [2.24, 2.45) is 0 Å². The van der Waals surface area contributed by atoms with Gasteiger partial charge in [-0.15, -0.1) is 0 Å². The molecule has 2 aliphatic rings. The summed E-state index contributed by atoms with van der Waals surface area (Å²) >= 11 is 0. The van der Waals surface area contributed by atoms with E-state index in [1.165, 1.54) is 18.5 Å². The van der Waals surface area contributed by atoms with Crippen LogP contribution in [0.5, 0.6) is 11.5 Å². The number of hydrogen-bond donors (Lipinski definition) is 1. The Balaban J connectivity index is 1.16. The zero-order chi connectivity index (χ0) is 26.6. The first-order chi connectivity index (χ1) is 18.4. The standard InChI is InChI=1S/C30H29N3O5/c1-20-4-5-22(19-33-28(35)17-27(34)30(33)37)16-26(20)29(36)31-18-21-6-10-24(11-7-21)38-25-12-8-23(9-13-25)32-14-2-3-15-32/h4-13,16H,2-3,14-15,17-19H2,1H3,(H,31,36). The number of likely N-dealkylation sites (tertiary alicyclic amines) is 1. The van der Waals surface area contributed by atoms with Crippen molar-refractivity contribution in [2.45, 2.75) is 39.3 Å². The minimum absolute atomic E-state index is 0.0353. The lowest BCUT2D eigenvalue weighted by molar-refractivity contribution is -0.143. The Morgan fingerprint density at radius 3 is 2.13 bits per heavy atom. The highest BCUT2D eigenvalue weighted by Gasteiger charge is 2.36. The van der Waals surface area contributed by atoms with Gasteiger partial charge in [-0.2, -0.15) is 0 Å². The highest BCUT2D eigenvalue weighted by Crippen LogP contribution is 2.26. The molecule has 0 aromatic heterocycles. The second-order valence-corrected chi connectivity index (χ2v) is 9.65. The van der Waals surface area contributed by atoms with Gasteiger partial charge in [-0.25, -0.2) is 0 Å². The number of hydrogen-bond acceptors (Lipinski definition) is 6. The van der Waals surface area contributed by atoms with Gasteiger partial charge < -0.3 is 15.0 Å². The summed E-state index contributed by atoms with van der Waals surface area (Å²) in [6, 6.07) is 20.8. The van der Waals surface area contributed by atoms with Gasteiger partial charge in [-0.3, -0.25) is 24.1 Å². The number of ether oxygens (including phenoxy) is 1. The first kappa shape index (κ1) is 25.2. The maximum Gasteiger partial charge on any atom is 0.297 e. The minimum atomic E-state index is -0.798. The van der Waals surface area contributed by atoms with Crippen molar-refractivity contribution in [2.75, 3.05) is 18.0 Å². The van der Waals surface area contributed by atoms with Crippen LogP contribution in [0, 0.1) is 6.92 Å². The van der Waals surface area contributed by atoms with Crippen LogP contribution >= 0.6 is 0 Å². The van der Waals surface area contributed by atoms with Crippen molar-refractivity contribution in [1.82, 2.24) is 10.2 Å². The van der Waals surface area contributed by atoms with Gasteiger partial charge in [0.05, 0.1) is 13.0 Å². The summed E-state index contributed by atoms with van der Waals surface area (Å²) in [6.07, 6.45) is 2.08. The predicted molar refractivity (Wildman–Crippen MR) is 142 cm³/mol. The molecule has 0 saturated carbocycles. The van der Waals surface area contributed by atoms with E-state index in [-0.39, 0.29) is 12.5 Å². The largest absolute Gasteiger partial charge is 0.457 e. The van der Waals surface area contributed by atoms with Crippen molar-refractivity contribution >= 4 is 29.2 Å². The zero-order valence-electron chi connectivity index (χ0n) is 21.2. The minimum Gasteiger partial charge on any atom is -0.457 e. The van der Waals surface area contributed by atoms with Crippen LogP contribution in [0.1, 0.15) is 46.3 Å². The van der Waals surface area contributed by atoms with Crippen LogP contribution in [0.2, 0.25) is 0 Å². The van der Waals surface area contributed by atoms with E-state index in [2.05, 4.69) is 22.3 Å². The summed E-state index contributed by atoms with van der Waals surface area (Å²) in [7, 11) is 0. The maximum atomic E-state index is 12.9. The van der Waals surface area contributed by atoms with Crippen LogP contribution in [0.15, 0.2) is 66.7 Å². The molecular weight excluding hydrogens is 482 g/mol. The smallest absolute Gasteiger partial charge is 0.297 e. The van der Waals surface area contributed by atoms with Gasteiger partial charge in [-0.1, -0.05) is 24.3 Å². The van der Waals surface area contributed by atoms with E-state index in [4.69, 9.17) is 4.74 Å². The summed E-state index contributed by atoms with van der Waals surface area (Å²) in [5.41, 5.74) is 3.95. The van der Waals surface area contributed by atoms with Crippen LogP contribution in [-0.4, -0.2) is 41.5 Å². The van der Waals surface area contributed by atoms with E-state index in [1.807, 2.05) is 43.3 Å². The Morgan fingerprint density at radius 2 is 1.50 bits per heavy atom. The third-order valence-electron chi connectivity index (χ3n) is 6.90. The highest BCUT2D eigenvalue weighted by molar-refractivity contribution is 6.46. The molecule has 1 N–H and O–H groups in total. The Bertz CT molecular complexity index is 1380. The SMILES string of the molecule is Cc1ccc(CN2C(=O)CC(=O)C2=O)cc1C(=O)NCc1ccc(Oc2ccc(N3CCCC3)cc2)cc1. The normalized spacial score (nSPS) is 15.3. The van der Waals surface area contributed by atoms with Gasteiger partial charge in [0.25, 0.3) is 11.8 Å². The van der Waals surface area contributed by atoms with Crippen LogP contribution < -0.4 is 15.0 Å². The molecule has 0 aliphatic carbocycles. The van der Waals surface area contributed by atoms with Crippen molar-refractivity contribution in [1.29, 1.82) is 0 Å². The molecular formula is C30H29N3O5. The quantitative estimate of drug-likeness (QED) is 0.277. The van der Waals surface area contributed by atoms with E-state index in [0.29, 0.717) is 23.4 Å². The third-order valence-corrected chi connectivity index (χ3v) is 6.90. The maximum absolute atomic E-state index is 12.9. The molecule has 0 unspecified atom stereocenters. The Labute approximate surface area is 221 Å². The Morgan fingerprint density at radius 1 is 0.868 bits per heavy atom. The summed E-state index contributed by atoms with van der Waals surface area (Å²) in [5, 5.41) is 2.92. The van der Waals surface area contributed by atoms with Gasteiger partial charge in [-0.05, 0) is 78.9 Å². The van der Waals surface area contributed by atoms with Gasteiger partial charge in [0.15, 0.2) is 0 Å². The lowest BCUT2D eigenvalue weighted by Crippen LogP contribution is -2.30. The fourth-order valence-electron chi connectivity index (χ4n) is 4.72. The second-order valence-electron chi connectivity index (χ2n) is 9.65. The average Bonchev–Trinajstić information content (AvgIpc) is 3.54. The number of ketones is 1. The summed E-state index contributed by atoms with van der Waals surface area (Å²) < 4.78 is 5.97. The van der Waals surface area contributed by atoms with Crippen LogP contribution in [0.3, 0.4) is 0 Å². The monoisotopic (exact) mass is 511 g/mol. The van der Waals surface area contributed by atoms with Crippen molar-refractivity contribution < 1.29 is 23.9 Å². The zero-order valence-corrected chi connectivity index (χ0v) is 21.2. The molecule has 2 heterocycles. The van der Waals surface area contributed by atoms with Crippen molar-refractivity contribution in [3.8, 4) is 11.5 Å². The van der Waals surface area contributed by atoms with E-state index < -0.39 is 24.0 Å². The summed E-state index contributed by atoms with van der Waals surface area (Å²) in [4.78, 5) is 51.6.